The molecule has 0 saturated carbocycles. The van der Waals surface area contributed by atoms with Crippen LogP contribution < -0.4 is 4.90 Å². The Bertz CT molecular complexity index is 947. The van der Waals surface area contributed by atoms with E-state index in [4.69, 9.17) is 0 Å². The van der Waals surface area contributed by atoms with Gasteiger partial charge in [-0.3, -0.25) is 19.4 Å². The standard InChI is InChI=1S/C25H29N3O2/c1-18-6-9-21(10-7-18)28-24(29)17-23(25(28)30)27-14-12-26(13-15-27)22-11-8-19-4-2-3-5-20(19)16-22/h2-7,9-10,22-23H,8,11-17H2,1H3/t22-,23+/m1/s1. The number of hydrogen-bond acceptors (Lipinski definition) is 4. The van der Waals surface area contributed by atoms with Crippen LogP contribution in [0.5, 0.6) is 0 Å². The van der Waals surface area contributed by atoms with Crippen molar-refractivity contribution in [2.45, 2.75) is 44.7 Å². The van der Waals surface area contributed by atoms with E-state index in [1.165, 1.54) is 22.4 Å². The Balaban J connectivity index is 1.21. The summed E-state index contributed by atoms with van der Waals surface area (Å²) in [6.45, 7) is 5.64. The van der Waals surface area contributed by atoms with E-state index in [9.17, 15) is 9.59 Å². The zero-order chi connectivity index (χ0) is 20.7. The number of aryl methyl sites for hydroxylation is 2. The van der Waals surface area contributed by atoms with Gasteiger partial charge in [0, 0.05) is 32.2 Å². The van der Waals surface area contributed by atoms with Crippen LogP contribution >= 0.6 is 0 Å². The number of hydrogen-bond donors (Lipinski definition) is 0. The average molecular weight is 404 g/mol. The number of nitrogens with zero attached hydrogens (tertiary/aromatic N) is 3. The topological polar surface area (TPSA) is 43.9 Å². The zero-order valence-corrected chi connectivity index (χ0v) is 17.6. The minimum absolute atomic E-state index is 0.0658. The molecule has 2 amide bonds. The molecule has 0 spiro atoms. The van der Waals surface area contributed by atoms with Crippen molar-refractivity contribution in [2.24, 2.45) is 0 Å². The highest BCUT2D eigenvalue weighted by Crippen LogP contribution is 2.29. The van der Waals surface area contributed by atoms with Crippen molar-refractivity contribution in [2.75, 3.05) is 31.1 Å². The first-order chi connectivity index (χ1) is 14.6. The second-order valence-electron chi connectivity index (χ2n) is 8.86. The number of carbonyl (C=O) groups is 2. The summed E-state index contributed by atoms with van der Waals surface area (Å²) in [6.07, 6.45) is 3.78. The van der Waals surface area contributed by atoms with E-state index in [0.29, 0.717) is 18.2 Å². The fourth-order valence-electron chi connectivity index (χ4n) is 5.27. The molecule has 2 aromatic rings. The summed E-state index contributed by atoms with van der Waals surface area (Å²) in [5.41, 5.74) is 4.80. The molecule has 0 radical (unpaired) electrons. The number of imide groups is 1. The van der Waals surface area contributed by atoms with Gasteiger partial charge in [-0.05, 0) is 49.4 Å². The lowest BCUT2D eigenvalue weighted by Crippen LogP contribution is -2.55. The van der Waals surface area contributed by atoms with Crippen LogP contribution in [0, 0.1) is 6.92 Å². The molecular formula is C25H29N3O2. The number of anilines is 1. The van der Waals surface area contributed by atoms with Crippen molar-refractivity contribution in [1.29, 1.82) is 0 Å². The summed E-state index contributed by atoms with van der Waals surface area (Å²) >= 11 is 0. The lowest BCUT2D eigenvalue weighted by molar-refractivity contribution is -0.123. The number of benzene rings is 2. The Morgan fingerprint density at radius 1 is 0.800 bits per heavy atom. The Morgan fingerprint density at radius 3 is 2.20 bits per heavy atom. The van der Waals surface area contributed by atoms with Gasteiger partial charge < -0.3 is 0 Å². The predicted octanol–water partition coefficient (Wildman–Crippen LogP) is 2.80. The van der Waals surface area contributed by atoms with Crippen LogP contribution in [0.15, 0.2) is 48.5 Å². The minimum atomic E-state index is -0.312. The van der Waals surface area contributed by atoms with Crippen LogP contribution in [0.4, 0.5) is 5.69 Å². The van der Waals surface area contributed by atoms with Crippen LogP contribution in [-0.4, -0.2) is 59.9 Å². The molecule has 1 aliphatic carbocycles. The number of carbonyl (C=O) groups excluding carboxylic acids is 2. The number of rotatable bonds is 3. The van der Waals surface area contributed by atoms with Gasteiger partial charge in [0.1, 0.15) is 0 Å². The van der Waals surface area contributed by atoms with Crippen LogP contribution in [0.25, 0.3) is 0 Å². The third-order valence-corrected chi connectivity index (χ3v) is 7.04. The van der Waals surface area contributed by atoms with Crippen molar-refractivity contribution in [1.82, 2.24) is 9.80 Å². The Labute approximate surface area is 178 Å². The van der Waals surface area contributed by atoms with Crippen molar-refractivity contribution < 1.29 is 9.59 Å². The van der Waals surface area contributed by atoms with Gasteiger partial charge in [0.05, 0.1) is 18.2 Å². The fourth-order valence-corrected chi connectivity index (χ4v) is 5.27. The van der Waals surface area contributed by atoms with Gasteiger partial charge in [-0.25, -0.2) is 4.90 Å². The maximum Gasteiger partial charge on any atom is 0.251 e. The van der Waals surface area contributed by atoms with E-state index in [0.717, 1.165) is 44.6 Å². The summed E-state index contributed by atoms with van der Waals surface area (Å²) in [5, 5.41) is 0. The van der Waals surface area contributed by atoms with Crippen molar-refractivity contribution in [3.63, 3.8) is 0 Å². The molecule has 0 bridgehead atoms. The molecule has 2 fully saturated rings. The highest BCUT2D eigenvalue weighted by molar-refractivity contribution is 6.22. The predicted molar refractivity (Wildman–Crippen MR) is 117 cm³/mol. The molecule has 0 aromatic heterocycles. The minimum Gasteiger partial charge on any atom is -0.298 e. The lowest BCUT2D eigenvalue weighted by Gasteiger charge is -2.42. The monoisotopic (exact) mass is 403 g/mol. The van der Waals surface area contributed by atoms with Crippen LogP contribution in [0.3, 0.4) is 0 Å². The van der Waals surface area contributed by atoms with E-state index in [1.807, 2.05) is 31.2 Å². The van der Waals surface area contributed by atoms with Gasteiger partial charge in [0.25, 0.3) is 5.91 Å². The summed E-state index contributed by atoms with van der Waals surface area (Å²) < 4.78 is 0. The van der Waals surface area contributed by atoms with E-state index in [1.54, 1.807) is 0 Å². The SMILES string of the molecule is Cc1ccc(N2C(=O)C[C@H](N3CCN([C@@H]4CCc5ccccc5C4)CC3)C2=O)cc1. The fraction of sp³-hybridized carbons (Fsp3) is 0.440. The zero-order valence-electron chi connectivity index (χ0n) is 17.6. The van der Waals surface area contributed by atoms with Crippen molar-refractivity contribution in [3.8, 4) is 0 Å². The van der Waals surface area contributed by atoms with E-state index in [2.05, 4.69) is 34.1 Å². The first-order valence-corrected chi connectivity index (χ1v) is 11.1. The molecule has 2 aromatic carbocycles. The molecule has 2 heterocycles. The quantitative estimate of drug-likeness (QED) is 0.740. The van der Waals surface area contributed by atoms with Crippen LogP contribution in [0.1, 0.15) is 29.5 Å². The number of piperazine rings is 1. The first-order valence-electron chi connectivity index (χ1n) is 11.1. The molecule has 2 atom stereocenters. The number of fused-ring (bicyclic) bond motifs is 1. The molecule has 156 valence electrons. The molecule has 5 heteroatoms. The first kappa shape index (κ1) is 19.5. The molecular weight excluding hydrogens is 374 g/mol. The largest absolute Gasteiger partial charge is 0.298 e. The third kappa shape index (κ3) is 3.57. The molecule has 3 aliphatic rings. The second kappa shape index (κ2) is 7.97. The highest BCUT2D eigenvalue weighted by Gasteiger charge is 2.43. The number of amides is 2. The third-order valence-electron chi connectivity index (χ3n) is 7.04. The molecule has 2 saturated heterocycles. The van der Waals surface area contributed by atoms with Gasteiger partial charge in [0.15, 0.2) is 0 Å². The maximum atomic E-state index is 13.1. The van der Waals surface area contributed by atoms with Gasteiger partial charge >= 0.3 is 0 Å². The van der Waals surface area contributed by atoms with Crippen LogP contribution in [0.2, 0.25) is 0 Å². The summed E-state index contributed by atoms with van der Waals surface area (Å²) in [5.74, 6) is -0.149. The molecule has 2 aliphatic heterocycles. The van der Waals surface area contributed by atoms with Crippen molar-refractivity contribution >= 4 is 17.5 Å². The van der Waals surface area contributed by atoms with Gasteiger partial charge in [0.2, 0.25) is 5.91 Å². The van der Waals surface area contributed by atoms with Gasteiger partial charge in [-0.2, -0.15) is 0 Å². The Hall–Kier alpha value is -2.50. The average Bonchev–Trinajstić information content (AvgIpc) is 3.08. The molecule has 0 unspecified atom stereocenters. The second-order valence-corrected chi connectivity index (χ2v) is 8.86. The summed E-state index contributed by atoms with van der Waals surface area (Å²) in [7, 11) is 0. The Morgan fingerprint density at radius 2 is 1.47 bits per heavy atom. The molecule has 0 N–H and O–H groups in total. The van der Waals surface area contributed by atoms with E-state index >= 15 is 0 Å². The molecule has 30 heavy (non-hydrogen) atoms. The van der Waals surface area contributed by atoms with Gasteiger partial charge in [-0.1, -0.05) is 42.0 Å². The van der Waals surface area contributed by atoms with Gasteiger partial charge in [-0.15, -0.1) is 0 Å². The Kier molecular flexibility index (Phi) is 5.17. The van der Waals surface area contributed by atoms with E-state index in [-0.39, 0.29) is 17.9 Å². The highest BCUT2D eigenvalue weighted by atomic mass is 16.2. The summed E-state index contributed by atoms with van der Waals surface area (Å²) in [4.78, 5) is 31.9. The maximum absolute atomic E-state index is 13.1. The normalized spacial score (nSPS) is 25.6. The van der Waals surface area contributed by atoms with E-state index < -0.39 is 0 Å². The molecule has 5 nitrogen and oxygen atoms in total. The lowest BCUT2D eigenvalue weighted by atomic mass is 9.87. The van der Waals surface area contributed by atoms with Crippen LogP contribution in [-0.2, 0) is 22.4 Å². The van der Waals surface area contributed by atoms with Crippen molar-refractivity contribution in [3.05, 3.63) is 65.2 Å². The smallest absolute Gasteiger partial charge is 0.251 e. The molecule has 5 rings (SSSR count). The summed E-state index contributed by atoms with van der Waals surface area (Å²) in [6, 6.07) is 16.7.